The van der Waals surface area contributed by atoms with E-state index in [9.17, 15) is 4.79 Å². The highest BCUT2D eigenvalue weighted by Gasteiger charge is 2.19. The van der Waals surface area contributed by atoms with Gasteiger partial charge < -0.3 is 10.2 Å². The first-order valence-corrected chi connectivity index (χ1v) is 8.83. The summed E-state index contributed by atoms with van der Waals surface area (Å²) < 4.78 is 0. The number of thioether (sulfide) groups is 1. The molecule has 1 aromatic heterocycles. The van der Waals surface area contributed by atoms with E-state index in [0.717, 1.165) is 11.3 Å². The zero-order valence-electron chi connectivity index (χ0n) is 13.6. The van der Waals surface area contributed by atoms with E-state index in [-0.39, 0.29) is 12.1 Å². The number of carbonyl (C=O) groups excluding carboxylic acids is 1. The molecule has 0 spiro atoms. The highest BCUT2D eigenvalue weighted by atomic mass is 32.2. The lowest BCUT2D eigenvalue weighted by atomic mass is 10.1. The Morgan fingerprint density at radius 3 is 2.70 bits per heavy atom. The number of nitrogens with one attached hydrogen (secondary N) is 1. The number of benzene rings is 1. The van der Waals surface area contributed by atoms with Gasteiger partial charge in [-0.3, -0.25) is 4.98 Å². The number of aromatic nitrogens is 1. The maximum Gasteiger partial charge on any atom is 0.317 e. The van der Waals surface area contributed by atoms with Crippen molar-refractivity contribution in [2.24, 2.45) is 0 Å². The lowest BCUT2D eigenvalue weighted by Gasteiger charge is -2.28. The smallest absolute Gasteiger partial charge is 0.317 e. The van der Waals surface area contributed by atoms with E-state index in [1.54, 1.807) is 18.0 Å². The highest BCUT2D eigenvalue weighted by molar-refractivity contribution is 7.99. The number of carbonyl (C=O) groups is 1. The number of pyridine rings is 1. The summed E-state index contributed by atoms with van der Waals surface area (Å²) in [4.78, 5) is 19.6. The Labute approximate surface area is 142 Å². The third-order valence-corrected chi connectivity index (χ3v) is 4.64. The molecule has 0 saturated heterocycles. The minimum Gasteiger partial charge on any atom is -0.337 e. The lowest BCUT2D eigenvalue weighted by Crippen LogP contribution is -2.42. The molecular weight excluding hydrogens is 306 g/mol. The second kappa shape index (κ2) is 9.20. The minimum atomic E-state index is -0.0301. The van der Waals surface area contributed by atoms with E-state index in [4.69, 9.17) is 0 Å². The molecule has 0 saturated carbocycles. The van der Waals surface area contributed by atoms with Crippen molar-refractivity contribution in [2.75, 3.05) is 18.8 Å². The van der Waals surface area contributed by atoms with E-state index in [0.29, 0.717) is 13.1 Å². The number of urea groups is 1. The summed E-state index contributed by atoms with van der Waals surface area (Å²) in [7, 11) is 0. The molecule has 0 unspecified atom stereocenters. The van der Waals surface area contributed by atoms with Crippen LogP contribution < -0.4 is 5.32 Å². The minimum absolute atomic E-state index is 0.00970. The van der Waals surface area contributed by atoms with E-state index in [1.165, 1.54) is 4.90 Å². The summed E-state index contributed by atoms with van der Waals surface area (Å²) in [6, 6.07) is 14.1. The van der Waals surface area contributed by atoms with Gasteiger partial charge in [-0.05, 0) is 37.6 Å². The first kappa shape index (κ1) is 17.3. The molecule has 23 heavy (non-hydrogen) atoms. The quantitative estimate of drug-likeness (QED) is 0.617. The van der Waals surface area contributed by atoms with Crippen LogP contribution in [0.1, 0.15) is 25.5 Å². The first-order chi connectivity index (χ1) is 11.2. The van der Waals surface area contributed by atoms with Crippen molar-refractivity contribution < 1.29 is 4.79 Å². The fourth-order valence-corrected chi connectivity index (χ4v) is 3.13. The summed E-state index contributed by atoms with van der Waals surface area (Å²) in [6.45, 7) is 5.33. The zero-order chi connectivity index (χ0) is 16.5. The van der Waals surface area contributed by atoms with Gasteiger partial charge in [0.25, 0.3) is 0 Å². The zero-order valence-corrected chi connectivity index (χ0v) is 14.4. The van der Waals surface area contributed by atoms with Gasteiger partial charge in [-0.2, -0.15) is 0 Å². The molecule has 1 N–H and O–H groups in total. The van der Waals surface area contributed by atoms with Gasteiger partial charge in [0.05, 0.1) is 6.04 Å². The van der Waals surface area contributed by atoms with Crippen LogP contribution in [0.4, 0.5) is 4.79 Å². The molecule has 0 aliphatic rings. The molecule has 1 aromatic carbocycles. The summed E-state index contributed by atoms with van der Waals surface area (Å²) in [5, 5.41) is 3.00. The molecular formula is C18H23N3OS. The van der Waals surface area contributed by atoms with Crippen LogP contribution in [-0.4, -0.2) is 34.8 Å². The monoisotopic (exact) mass is 329 g/mol. The average molecular weight is 329 g/mol. The largest absolute Gasteiger partial charge is 0.337 e. The van der Waals surface area contributed by atoms with Gasteiger partial charge in [0.2, 0.25) is 0 Å². The summed E-state index contributed by atoms with van der Waals surface area (Å²) in [5.41, 5.74) is 1.04. The van der Waals surface area contributed by atoms with Gasteiger partial charge >= 0.3 is 6.03 Å². The molecule has 1 atom stereocenters. The van der Waals surface area contributed by atoms with Crippen LogP contribution in [0.5, 0.6) is 0 Å². The van der Waals surface area contributed by atoms with Crippen LogP contribution in [0.2, 0.25) is 0 Å². The Kier molecular flexibility index (Phi) is 6.94. The van der Waals surface area contributed by atoms with Gasteiger partial charge in [0, 0.05) is 36.1 Å². The number of hydrogen-bond acceptors (Lipinski definition) is 3. The van der Waals surface area contributed by atoms with Crippen molar-refractivity contribution in [3.05, 3.63) is 60.4 Å². The fourth-order valence-electron chi connectivity index (χ4n) is 2.34. The highest BCUT2D eigenvalue weighted by Crippen LogP contribution is 2.19. The van der Waals surface area contributed by atoms with Gasteiger partial charge in [-0.1, -0.05) is 24.3 Å². The molecule has 5 heteroatoms. The number of rotatable bonds is 7. The van der Waals surface area contributed by atoms with Crippen LogP contribution in [0.15, 0.2) is 59.8 Å². The molecule has 4 nitrogen and oxygen atoms in total. The number of amides is 2. The van der Waals surface area contributed by atoms with Crippen molar-refractivity contribution in [3.8, 4) is 0 Å². The molecule has 0 bridgehead atoms. The fraction of sp³-hybridized carbons (Fsp3) is 0.333. The topological polar surface area (TPSA) is 45.2 Å². The summed E-state index contributed by atoms with van der Waals surface area (Å²) >= 11 is 1.74. The second-order valence-corrected chi connectivity index (χ2v) is 6.31. The predicted molar refractivity (Wildman–Crippen MR) is 95.6 cm³/mol. The Bertz CT molecular complexity index is 592. The molecule has 0 fully saturated rings. The summed E-state index contributed by atoms with van der Waals surface area (Å²) in [5.74, 6) is 0.856. The Balaban J connectivity index is 1.81. The van der Waals surface area contributed by atoms with Crippen molar-refractivity contribution in [2.45, 2.75) is 24.8 Å². The molecule has 1 heterocycles. The van der Waals surface area contributed by atoms with Gasteiger partial charge in [-0.25, -0.2) is 4.79 Å². The summed E-state index contributed by atoms with van der Waals surface area (Å²) in [6.07, 6.45) is 3.55. The van der Waals surface area contributed by atoms with Gasteiger partial charge in [0.15, 0.2) is 0 Å². The van der Waals surface area contributed by atoms with Crippen molar-refractivity contribution >= 4 is 17.8 Å². The Hall–Kier alpha value is -2.01. The molecule has 2 amide bonds. The van der Waals surface area contributed by atoms with E-state index < -0.39 is 0 Å². The molecule has 0 aliphatic carbocycles. The average Bonchev–Trinajstić information content (AvgIpc) is 2.61. The molecule has 0 aliphatic heterocycles. The maximum atomic E-state index is 12.4. The van der Waals surface area contributed by atoms with Crippen LogP contribution in [0.25, 0.3) is 0 Å². The molecule has 2 rings (SSSR count). The molecule has 2 aromatic rings. The third kappa shape index (κ3) is 5.28. The standard InChI is InChI=1S/C18H23N3OS/c1-3-21(15(2)16-8-7-11-19-14-16)18(22)20-12-13-23-17-9-5-4-6-10-17/h4-11,14-15H,3,12-13H2,1-2H3,(H,20,22)/t15-/m0/s1. The first-order valence-electron chi connectivity index (χ1n) is 7.84. The van der Waals surface area contributed by atoms with Crippen LogP contribution in [0.3, 0.4) is 0 Å². The number of hydrogen-bond donors (Lipinski definition) is 1. The van der Waals surface area contributed by atoms with Crippen molar-refractivity contribution in [1.29, 1.82) is 0 Å². The molecule has 0 radical (unpaired) electrons. The van der Waals surface area contributed by atoms with Crippen LogP contribution in [-0.2, 0) is 0 Å². The predicted octanol–water partition coefficient (Wildman–Crippen LogP) is 3.97. The van der Waals surface area contributed by atoms with E-state index in [1.807, 2.05) is 55.3 Å². The van der Waals surface area contributed by atoms with Crippen LogP contribution in [0, 0.1) is 0 Å². The Morgan fingerprint density at radius 1 is 1.26 bits per heavy atom. The van der Waals surface area contributed by atoms with Crippen molar-refractivity contribution in [1.82, 2.24) is 15.2 Å². The third-order valence-electron chi connectivity index (χ3n) is 3.63. The van der Waals surface area contributed by atoms with Gasteiger partial charge in [-0.15, -0.1) is 11.8 Å². The van der Waals surface area contributed by atoms with E-state index in [2.05, 4.69) is 22.4 Å². The van der Waals surface area contributed by atoms with E-state index >= 15 is 0 Å². The van der Waals surface area contributed by atoms with Gasteiger partial charge in [0.1, 0.15) is 0 Å². The Morgan fingerprint density at radius 2 is 2.04 bits per heavy atom. The van der Waals surface area contributed by atoms with Crippen molar-refractivity contribution in [3.63, 3.8) is 0 Å². The SMILES string of the molecule is CCN(C(=O)NCCSc1ccccc1)[C@@H](C)c1cccnc1. The lowest BCUT2D eigenvalue weighted by molar-refractivity contribution is 0.183. The number of nitrogens with zero attached hydrogens (tertiary/aromatic N) is 2. The molecule has 122 valence electrons. The maximum absolute atomic E-state index is 12.4. The second-order valence-electron chi connectivity index (χ2n) is 5.14. The normalized spacial score (nSPS) is 11.7. The van der Waals surface area contributed by atoms with Crippen LogP contribution >= 0.6 is 11.8 Å².